The molecule has 0 radical (unpaired) electrons. The summed E-state index contributed by atoms with van der Waals surface area (Å²) in [6, 6.07) is 4.98. The molecule has 25 heavy (non-hydrogen) atoms. The third-order valence-electron chi connectivity index (χ3n) is 4.66. The Morgan fingerprint density at radius 3 is 2.24 bits per heavy atom. The highest BCUT2D eigenvalue weighted by molar-refractivity contribution is 5.83. The van der Waals surface area contributed by atoms with Gasteiger partial charge in [0, 0.05) is 24.9 Å². The number of nitrogens with zero attached hydrogens (tertiary/aromatic N) is 1. The van der Waals surface area contributed by atoms with Crippen molar-refractivity contribution >= 4 is 17.5 Å². The first-order valence-electron chi connectivity index (χ1n) is 8.37. The number of rotatable bonds is 4. The Labute approximate surface area is 143 Å². The summed E-state index contributed by atoms with van der Waals surface area (Å²) in [7, 11) is 0. The van der Waals surface area contributed by atoms with E-state index in [-0.39, 0.29) is 29.3 Å². The number of hydrazine groups is 1. The molecule has 1 heterocycles. The molecule has 1 aromatic rings. The second kappa shape index (κ2) is 6.93. The standard InChI is InChI=1S/C17H20F3N3O2/c18-17(19,20)13-3-1-2-4-14(13)21-22-15(24)11-7-9-23(10-8-11)16(25)12-5-6-12/h1-4,11-12,21H,5-10H2,(H,22,24). The van der Waals surface area contributed by atoms with Crippen LogP contribution in [0.5, 0.6) is 0 Å². The molecule has 8 heteroatoms. The van der Waals surface area contributed by atoms with Crippen LogP contribution in [0.1, 0.15) is 31.2 Å². The van der Waals surface area contributed by atoms with Gasteiger partial charge in [-0.2, -0.15) is 13.2 Å². The summed E-state index contributed by atoms with van der Waals surface area (Å²) in [4.78, 5) is 26.0. The molecule has 2 aliphatic rings. The van der Waals surface area contributed by atoms with E-state index in [1.54, 1.807) is 4.90 Å². The van der Waals surface area contributed by atoms with Crippen molar-refractivity contribution in [1.82, 2.24) is 10.3 Å². The first-order valence-corrected chi connectivity index (χ1v) is 8.37. The minimum absolute atomic E-state index is 0.158. The van der Waals surface area contributed by atoms with Gasteiger partial charge in [0.25, 0.3) is 0 Å². The van der Waals surface area contributed by atoms with E-state index in [9.17, 15) is 22.8 Å². The average Bonchev–Trinajstić information content (AvgIpc) is 3.43. The van der Waals surface area contributed by atoms with E-state index in [1.807, 2.05) is 0 Å². The molecule has 0 atom stereocenters. The molecule has 1 aromatic carbocycles. The van der Waals surface area contributed by atoms with Crippen LogP contribution in [-0.4, -0.2) is 29.8 Å². The number of para-hydroxylation sites is 1. The van der Waals surface area contributed by atoms with Crippen molar-refractivity contribution in [2.75, 3.05) is 18.5 Å². The topological polar surface area (TPSA) is 61.4 Å². The van der Waals surface area contributed by atoms with Crippen molar-refractivity contribution in [3.05, 3.63) is 29.8 Å². The SMILES string of the molecule is O=C(NNc1ccccc1C(F)(F)F)C1CCN(C(=O)C2CC2)CC1. The monoisotopic (exact) mass is 355 g/mol. The molecule has 3 rings (SSSR count). The maximum absolute atomic E-state index is 12.9. The van der Waals surface area contributed by atoms with Crippen LogP contribution in [0.2, 0.25) is 0 Å². The number of alkyl halides is 3. The number of anilines is 1. The van der Waals surface area contributed by atoms with Gasteiger partial charge in [0.1, 0.15) is 0 Å². The van der Waals surface area contributed by atoms with Crippen molar-refractivity contribution in [3.8, 4) is 0 Å². The van der Waals surface area contributed by atoms with Gasteiger partial charge < -0.3 is 4.90 Å². The van der Waals surface area contributed by atoms with Crippen molar-refractivity contribution < 1.29 is 22.8 Å². The quantitative estimate of drug-likeness (QED) is 0.817. The molecule has 2 amide bonds. The number of likely N-dealkylation sites (tertiary alicyclic amines) is 1. The minimum Gasteiger partial charge on any atom is -0.342 e. The molecule has 0 unspecified atom stereocenters. The van der Waals surface area contributed by atoms with Crippen LogP contribution in [0, 0.1) is 11.8 Å². The van der Waals surface area contributed by atoms with E-state index in [1.165, 1.54) is 18.2 Å². The maximum atomic E-state index is 12.9. The summed E-state index contributed by atoms with van der Waals surface area (Å²) in [6.07, 6.45) is -1.56. The van der Waals surface area contributed by atoms with Crippen molar-refractivity contribution in [3.63, 3.8) is 0 Å². The summed E-state index contributed by atoms with van der Waals surface area (Å²) in [5.74, 6) is -0.341. The van der Waals surface area contributed by atoms with E-state index in [2.05, 4.69) is 10.9 Å². The lowest BCUT2D eigenvalue weighted by Crippen LogP contribution is -2.44. The molecule has 2 fully saturated rings. The zero-order valence-corrected chi connectivity index (χ0v) is 13.6. The second-order valence-corrected chi connectivity index (χ2v) is 6.53. The highest BCUT2D eigenvalue weighted by atomic mass is 19.4. The Morgan fingerprint density at radius 1 is 1.00 bits per heavy atom. The number of hydrogen-bond acceptors (Lipinski definition) is 3. The zero-order valence-electron chi connectivity index (χ0n) is 13.6. The summed E-state index contributed by atoms with van der Waals surface area (Å²) in [6.45, 7) is 1.04. The molecule has 0 spiro atoms. The van der Waals surface area contributed by atoms with Crippen LogP contribution >= 0.6 is 0 Å². The van der Waals surface area contributed by atoms with E-state index in [4.69, 9.17) is 0 Å². The molecular weight excluding hydrogens is 335 g/mol. The lowest BCUT2D eigenvalue weighted by Gasteiger charge is -2.31. The highest BCUT2D eigenvalue weighted by Crippen LogP contribution is 2.34. The van der Waals surface area contributed by atoms with Crippen LogP contribution in [0.3, 0.4) is 0 Å². The third kappa shape index (κ3) is 4.24. The smallest absolute Gasteiger partial charge is 0.342 e. The Morgan fingerprint density at radius 2 is 1.64 bits per heavy atom. The fraction of sp³-hybridized carbons (Fsp3) is 0.529. The van der Waals surface area contributed by atoms with Crippen molar-refractivity contribution in [2.45, 2.75) is 31.9 Å². The zero-order chi connectivity index (χ0) is 18.0. The van der Waals surface area contributed by atoms with Gasteiger partial charge in [-0.15, -0.1) is 0 Å². The number of halogens is 3. The molecule has 5 nitrogen and oxygen atoms in total. The first kappa shape index (κ1) is 17.6. The third-order valence-corrected chi connectivity index (χ3v) is 4.66. The summed E-state index contributed by atoms with van der Waals surface area (Å²) in [5.41, 5.74) is 3.72. The van der Waals surface area contributed by atoms with Gasteiger partial charge in [-0.25, -0.2) is 0 Å². The lowest BCUT2D eigenvalue weighted by atomic mass is 9.96. The second-order valence-electron chi connectivity index (χ2n) is 6.53. The number of hydrogen-bond donors (Lipinski definition) is 2. The minimum atomic E-state index is -4.50. The Hall–Kier alpha value is -2.25. The van der Waals surface area contributed by atoms with Crippen LogP contribution in [0.15, 0.2) is 24.3 Å². The first-order chi connectivity index (χ1) is 11.9. The van der Waals surface area contributed by atoms with Crippen molar-refractivity contribution in [1.29, 1.82) is 0 Å². The van der Waals surface area contributed by atoms with E-state index in [0.29, 0.717) is 25.9 Å². The average molecular weight is 355 g/mol. The Balaban J connectivity index is 1.51. The van der Waals surface area contributed by atoms with Crippen LogP contribution in [-0.2, 0) is 15.8 Å². The lowest BCUT2D eigenvalue weighted by molar-refractivity contribution is -0.137. The predicted molar refractivity (Wildman–Crippen MR) is 85.2 cm³/mol. The van der Waals surface area contributed by atoms with Gasteiger partial charge in [0.15, 0.2) is 0 Å². The normalized spacial score (nSPS) is 18.8. The van der Waals surface area contributed by atoms with Gasteiger partial charge in [-0.3, -0.25) is 20.4 Å². The fourth-order valence-electron chi connectivity index (χ4n) is 3.02. The number of nitrogens with one attached hydrogen (secondary N) is 2. The van der Waals surface area contributed by atoms with Gasteiger partial charge >= 0.3 is 6.18 Å². The number of amides is 2. The Kier molecular flexibility index (Phi) is 4.87. The van der Waals surface area contributed by atoms with E-state index in [0.717, 1.165) is 18.9 Å². The molecule has 0 bridgehead atoms. The fourth-order valence-corrected chi connectivity index (χ4v) is 3.02. The van der Waals surface area contributed by atoms with Crippen LogP contribution in [0.4, 0.5) is 18.9 Å². The number of piperidine rings is 1. The molecule has 1 saturated carbocycles. The van der Waals surface area contributed by atoms with Gasteiger partial charge in [-0.05, 0) is 37.8 Å². The van der Waals surface area contributed by atoms with Crippen LogP contribution in [0.25, 0.3) is 0 Å². The van der Waals surface area contributed by atoms with Crippen LogP contribution < -0.4 is 10.9 Å². The molecule has 1 aliphatic carbocycles. The van der Waals surface area contributed by atoms with Gasteiger partial charge in [0.2, 0.25) is 11.8 Å². The highest BCUT2D eigenvalue weighted by Gasteiger charge is 2.36. The summed E-state index contributed by atoms with van der Waals surface area (Å²) in [5, 5.41) is 0. The van der Waals surface area contributed by atoms with E-state index < -0.39 is 11.7 Å². The van der Waals surface area contributed by atoms with Gasteiger partial charge in [-0.1, -0.05) is 12.1 Å². The molecule has 1 aliphatic heterocycles. The van der Waals surface area contributed by atoms with E-state index >= 15 is 0 Å². The number of carbonyl (C=O) groups is 2. The molecule has 0 aromatic heterocycles. The van der Waals surface area contributed by atoms with Crippen molar-refractivity contribution in [2.24, 2.45) is 11.8 Å². The molecule has 1 saturated heterocycles. The predicted octanol–water partition coefficient (Wildman–Crippen LogP) is 2.80. The van der Waals surface area contributed by atoms with Gasteiger partial charge in [0.05, 0.1) is 11.3 Å². The summed E-state index contributed by atoms with van der Waals surface area (Å²) < 4.78 is 38.8. The molecule has 2 N–H and O–H groups in total. The molecule has 136 valence electrons. The number of benzene rings is 1. The number of carbonyl (C=O) groups excluding carboxylic acids is 2. The molecular formula is C17H20F3N3O2. The largest absolute Gasteiger partial charge is 0.418 e. The summed E-state index contributed by atoms with van der Waals surface area (Å²) >= 11 is 0. The maximum Gasteiger partial charge on any atom is 0.418 e. The Bertz CT molecular complexity index is 651.